The number of aromatic nitrogens is 1. The standard InChI is InChI=1S/C19H19N2OS/c1-12-5-7-16-14(9-12)20(3)18(22-16)11-19-21(4)15-10-13(2)6-8-17(15)23-19/h5-11H,1-4H3/q+1. The van der Waals surface area contributed by atoms with Crippen LogP contribution in [0.2, 0.25) is 0 Å². The summed E-state index contributed by atoms with van der Waals surface area (Å²) in [6.45, 7) is 4.23. The summed E-state index contributed by atoms with van der Waals surface area (Å²) in [6, 6.07) is 12.9. The maximum atomic E-state index is 6.03. The van der Waals surface area contributed by atoms with Crippen molar-refractivity contribution in [3.8, 4) is 5.75 Å². The molecule has 3 nitrogen and oxygen atoms in total. The molecule has 3 aromatic rings. The molecule has 0 saturated heterocycles. The van der Waals surface area contributed by atoms with E-state index in [4.69, 9.17) is 4.74 Å². The van der Waals surface area contributed by atoms with Crippen LogP contribution in [0, 0.1) is 13.8 Å². The van der Waals surface area contributed by atoms with Gasteiger partial charge in [0, 0.05) is 13.1 Å². The van der Waals surface area contributed by atoms with E-state index < -0.39 is 0 Å². The van der Waals surface area contributed by atoms with Gasteiger partial charge in [0.05, 0.1) is 11.8 Å². The van der Waals surface area contributed by atoms with E-state index in [1.54, 1.807) is 11.3 Å². The highest BCUT2D eigenvalue weighted by atomic mass is 32.1. The molecule has 1 aliphatic rings. The fourth-order valence-electron chi connectivity index (χ4n) is 2.91. The third-order valence-electron chi connectivity index (χ3n) is 4.29. The van der Waals surface area contributed by atoms with Gasteiger partial charge >= 0.3 is 0 Å². The molecule has 0 atom stereocenters. The van der Waals surface area contributed by atoms with Crippen molar-refractivity contribution in [1.82, 2.24) is 0 Å². The molecule has 0 radical (unpaired) electrons. The zero-order valence-electron chi connectivity index (χ0n) is 13.8. The lowest BCUT2D eigenvalue weighted by atomic mass is 10.2. The van der Waals surface area contributed by atoms with Crippen molar-refractivity contribution in [2.24, 2.45) is 7.05 Å². The first-order valence-electron chi connectivity index (χ1n) is 7.66. The second-order valence-electron chi connectivity index (χ2n) is 6.09. The van der Waals surface area contributed by atoms with Gasteiger partial charge in [0.15, 0.2) is 5.75 Å². The number of benzene rings is 2. The molecule has 2 aromatic carbocycles. The molecule has 1 aliphatic heterocycles. The van der Waals surface area contributed by atoms with Gasteiger partial charge in [-0.05, 0) is 43.2 Å². The topological polar surface area (TPSA) is 16.4 Å². The van der Waals surface area contributed by atoms with Crippen molar-refractivity contribution < 1.29 is 9.30 Å². The largest absolute Gasteiger partial charge is 0.438 e. The van der Waals surface area contributed by atoms with Crippen LogP contribution in [-0.2, 0) is 7.05 Å². The molecule has 2 heterocycles. The number of ether oxygens (including phenoxy) is 1. The van der Waals surface area contributed by atoms with Gasteiger partial charge in [0.1, 0.15) is 11.7 Å². The lowest BCUT2D eigenvalue weighted by Crippen LogP contribution is -2.29. The molecule has 0 amide bonds. The number of aryl methyl sites for hydroxylation is 3. The van der Waals surface area contributed by atoms with E-state index in [1.165, 1.54) is 26.4 Å². The Hall–Kier alpha value is -2.33. The number of hydrogen-bond acceptors (Lipinski definition) is 3. The van der Waals surface area contributed by atoms with Crippen LogP contribution in [0.4, 0.5) is 5.69 Å². The Morgan fingerprint density at radius 2 is 1.83 bits per heavy atom. The third kappa shape index (κ3) is 2.30. The molecular formula is C19H19N2OS+. The number of nitrogens with zero attached hydrogens (tertiary/aromatic N) is 2. The first-order chi connectivity index (χ1) is 11.0. The summed E-state index contributed by atoms with van der Waals surface area (Å²) in [5.41, 5.74) is 4.90. The normalized spacial score (nSPS) is 15.3. The van der Waals surface area contributed by atoms with Crippen LogP contribution in [0.1, 0.15) is 16.1 Å². The van der Waals surface area contributed by atoms with E-state index in [0.717, 1.165) is 17.3 Å². The molecule has 0 N–H and O–H groups in total. The quantitative estimate of drug-likeness (QED) is 0.625. The SMILES string of the molecule is Cc1ccc2c(c1)N(C)C(=Cc1sc3ccc(C)cc3[n+]1C)O2. The molecule has 0 aliphatic carbocycles. The predicted octanol–water partition coefficient (Wildman–Crippen LogP) is 4.17. The van der Waals surface area contributed by atoms with Crippen LogP contribution in [-0.4, -0.2) is 7.05 Å². The van der Waals surface area contributed by atoms with Crippen molar-refractivity contribution in [3.63, 3.8) is 0 Å². The monoisotopic (exact) mass is 323 g/mol. The van der Waals surface area contributed by atoms with E-state index in [1.807, 2.05) is 6.07 Å². The Bertz CT molecular complexity index is 955. The van der Waals surface area contributed by atoms with Gasteiger partial charge in [-0.25, -0.2) is 0 Å². The summed E-state index contributed by atoms with van der Waals surface area (Å²) < 4.78 is 9.55. The number of hydrogen-bond donors (Lipinski definition) is 0. The molecular weight excluding hydrogens is 304 g/mol. The van der Waals surface area contributed by atoms with Gasteiger partial charge in [-0.2, -0.15) is 4.57 Å². The first-order valence-corrected chi connectivity index (χ1v) is 8.48. The number of anilines is 1. The smallest absolute Gasteiger partial charge is 0.267 e. The van der Waals surface area contributed by atoms with Crippen molar-refractivity contribution in [2.75, 3.05) is 11.9 Å². The molecule has 23 heavy (non-hydrogen) atoms. The third-order valence-corrected chi connectivity index (χ3v) is 5.45. The van der Waals surface area contributed by atoms with Crippen molar-refractivity contribution in [2.45, 2.75) is 13.8 Å². The van der Waals surface area contributed by atoms with Crippen LogP contribution in [0.5, 0.6) is 5.75 Å². The molecule has 4 rings (SSSR count). The average molecular weight is 323 g/mol. The minimum Gasteiger partial charge on any atom is -0.438 e. The lowest BCUT2D eigenvalue weighted by Gasteiger charge is -2.10. The van der Waals surface area contributed by atoms with Crippen molar-refractivity contribution >= 4 is 33.3 Å². The van der Waals surface area contributed by atoms with Crippen LogP contribution in [0.25, 0.3) is 16.3 Å². The molecule has 1 aromatic heterocycles. The Labute approximate surface area is 140 Å². The molecule has 0 fully saturated rings. The molecule has 116 valence electrons. The first kappa shape index (κ1) is 14.3. The minimum atomic E-state index is 0.865. The maximum Gasteiger partial charge on any atom is 0.267 e. The Morgan fingerprint density at radius 1 is 1.09 bits per heavy atom. The Morgan fingerprint density at radius 3 is 2.65 bits per heavy atom. The number of rotatable bonds is 1. The fourth-order valence-corrected chi connectivity index (χ4v) is 3.97. The van der Waals surface area contributed by atoms with Crippen LogP contribution in [0.15, 0.2) is 42.3 Å². The summed E-state index contributed by atoms with van der Waals surface area (Å²) in [4.78, 5) is 2.11. The summed E-state index contributed by atoms with van der Waals surface area (Å²) in [5, 5.41) is 1.18. The van der Waals surface area contributed by atoms with E-state index in [9.17, 15) is 0 Å². The number of fused-ring (bicyclic) bond motifs is 2. The zero-order chi connectivity index (χ0) is 16.1. The van der Waals surface area contributed by atoms with Gasteiger partial charge in [-0.15, -0.1) is 0 Å². The summed E-state index contributed by atoms with van der Waals surface area (Å²) >= 11 is 1.78. The lowest BCUT2D eigenvalue weighted by molar-refractivity contribution is -0.642. The molecule has 0 spiro atoms. The summed E-state index contributed by atoms with van der Waals surface area (Å²) in [7, 11) is 4.16. The van der Waals surface area contributed by atoms with Gasteiger partial charge in [-0.1, -0.05) is 23.5 Å². The van der Waals surface area contributed by atoms with Crippen molar-refractivity contribution in [3.05, 3.63) is 58.4 Å². The Kier molecular flexibility index (Phi) is 3.16. The van der Waals surface area contributed by atoms with E-state index >= 15 is 0 Å². The number of thiazole rings is 1. The highest BCUT2D eigenvalue weighted by Gasteiger charge is 2.25. The Balaban J connectivity index is 1.79. The van der Waals surface area contributed by atoms with Crippen LogP contribution < -0.4 is 14.2 Å². The minimum absolute atomic E-state index is 0.865. The van der Waals surface area contributed by atoms with Crippen molar-refractivity contribution in [1.29, 1.82) is 0 Å². The highest BCUT2D eigenvalue weighted by Crippen LogP contribution is 2.39. The van der Waals surface area contributed by atoms with E-state index in [0.29, 0.717) is 0 Å². The second kappa shape index (κ2) is 5.10. The maximum absolute atomic E-state index is 6.03. The van der Waals surface area contributed by atoms with E-state index in [2.05, 4.69) is 73.8 Å². The fraction of sp³-hybridized carbons (Fsp3) is 0.211. The summed E-state index contributed by atoms with van der Waals surface area (Å²) in [6.07, 6.45) is 2.12. The van der Waals surface area contributed by atoms with Crippen LogP contribution in [0.3, 0.4) is 0 Å². The average Bonchev–Trinajstić information content (AvgIpc) is 2.99. The van der Waals surface area contributed by atoms with Crippen LogP contribution >= 0.6 is 11.3 Å². The zero-order valence-corrected chi connectivity index (χ0v) is 14.6. The molecule has 0 unspecified atom stereocenters. The summed E-state index contributed by atoms with van der Waals surface area (Å²) in [5.74, 6) is 1.79. The van der Waals surface area contributed by atoms with E-state index in [-0.39, 0.29) is 0 Å². The van der Waals surface area contributed by atoms with Gasteiger partial charge < -0.3 is 9.64 Å². The van der Waals surface area contributed by atoms with Gasteiger partial charge in [0.2, 0.25) is 11.4 Å². The predicted molar refractivity (Wildman–Crippen MR) is 95.9 cm³/mol. The van der Waals surface area contributed by atoms with Gasteiger partial charge in [-0.3, -0.25) is 0 Å². The molecule has 0 bridgehead atoms. The molecule has 4 heteroatoms. The highest BCUT2D eigenvalue weighted by molar-refractivity contribution is 7.18. The second-order valence-corrected chi connectivity index (χ2v) is 7.15. The van der Waals surface area contributed by atoms with Gasteiger partial charge in [0.25, 0.3) is 5.01 Å². The molecule has 0 saturated carbocycles.